The molecule has 0 aliphatic rings. The van der Waals surface area contributed by atoms with Crippen LogP contribution >= 0.6 is 0 Å². The lowest BCUT2D eigenvalue weighted by Gasteiger charge is -1.99. The minimum atomic E-state index is -4.62. The van der Waals surface area contributed by atoms with Gasteiger partial charge in [0.05, 0.1) is 0 Å². The van der Waals surface area contributed by atoms with E-state index < -0.39 is 12.0 Å². The Hall–Kier alpha value is -2.89. The number of nitrogens with one attached hydrogen (secondary N) is 2. The smallest absolute Gasteiger partial charge is 0.253 e. The van der Waals surface area contributed by atoms with E-state index in [2.05, 4.69) is 20.6 Å². The van der Waals surface area contributed by atoms with E-state index in [1.165, 1.54) is 0 Å². The lowest BCUT2D eigenvalue weighted by molar-refractivity contribution is -0.144. The van der Waals surface area contributed by atoms with Gasteiger partial charge in [0.2, 0.25) is 5.82 Å². The molecule has 1 heterocycles. The van der Waals surface area contributed by atoms with E-state index in [9.17, 15) is 13.2 Å². The summed E-state index contributed by atoms with van der Waals surface area (Å²) >= 11 is 0. The van der Waals surface area contributed by atoms with Gasteiger partial charge in [0.1, 0.15) is 6.07 Å². The van der Waals surface area contributed by atoms with Crippen molar-refractivity contribution in [1.29, 1.82) is 5.26 Å². The first kappa shape index (κ1) is 13.5. The highest BCUT2D eigenvalue weighted by Gasteiger charge is 2.35. The van der Waals surface area contributed by atoms with Crippen molar-refractivity contribution in [2.24, 2.45) is 5.10 Å². The first-order valence-electron chi connectivity index (χ1n) is 5.29. The molecule has 0 unspecified atom stereocenters. The third-order valence-electron chi connectivity index (χ3n) is 2.17. The fraction of sp³-hybridized carbons (Fsp3) is 0.0909. The second-order valence-electron chi connectivity index (χ2n) is 3.56. The average molecular weight is 280 g/mol. The quantitative estimate of drug-likeness (QED) is 0.666. The van der Waals surface area contributed by atoms with E-state index in [0.717, 1.165) is 0 Å². The van der Waals surface area contributed by atoms with Gasteiger partial charge in [-0.05, 0) is 0 Å². The Morgan fingerprint density at radius 2 is 2.00 bits per heavy atom. The van der Waals surface area contributed by atoms with Crippen molar-refractivity contribution in [3.63, 3.8) is 0 Å². The summed E-state index contributed by atoms with van der Waals surface area (Å²) < 4.78 is 36.8. The molecule has 6 nitrogen and oxygen atoms in total. The van der Waals surface area contributed by atoms with Gasteiger partial charge in [0.25, 0.3) is 5.95 Å². The predicted octanol–water partition coefficient (Wildman–Crippen LogP) is 2.16. The Labute approximate surface area is 111 Å². The topological polar surface area (TPSA) is 89.8 Å². The second-order valence-corrected chi connectivity index (χ2v) is 3.56. The van der Waals surface area contributed by atoms with Crippen molar-refractivity contribution in [3.8, 4) is 6.07 Å². The number of H-pyrrole nitrogens is 1. The number of anilines is 1. The van der Waals surface area contributed by atoms with Gasteiger partial charge in [-0.1, -0.05) is 30.3 Å². The summed E-state index contributed by atoms with van der Waals surface area (Å²) in [7, 11) is 0. The summed E-state index contributed by atoms with van der Waals surface area (Å²) in [5, 5.41) is 17.6. The minimum Gasteiger partial charge on any atom is -0.253 e. The summed E-state index contributed by atoms with van der Waals surface area (Å²) in [6.07, 6.45) is -4.62. The van der Waals surface area contributed by atoms with Crippen molar-refractivity contribution >= 4 is 11.7 Å². The third-order valence-corrected chi connectivity index (χ3v) is 2.17. The van der Waals surface area contributed by atoms with Gasteiger partial charge in [0.15, 0.2) is 5.71 Å². The second kappa shape index (κ2) is 5.40. The minimum absolute atomic E-state index is 0.00367. The van der Waals surface area contributed by atoms with Crippen molar-refractivity contribution in [2.75, 3.05) is 5.43 Å². The maximum atomic E-state index is 12.3. The molecule has 9 heteroatoms. The Morgan fingerprint density at radius 1 is 1.30 bits per heavy atom. The van der Waals surface area contributed by atoms with E-state index in [1.54, 1.807) is 35.4 Å². The van der Waals surface area contributed by atoms with Crippen LogP contribution < -0.4 is 5.43 Å². The highest BCUT2D eigenvalue weighted by molar-refractivity contribution is 6.11. The molecule has 0 saturated carbocycles. The molecule has 0 amide bonds. The van der Waals surface area contributed by atoms with Crippen LogP contribution in [0.15, 0.2) is 35.4 Å². The zero-order valence-electron chi connectivity index (χ0n) is 9.81. The van der Waals surface area contributed by atoms with Gasteiger partial charge in [-0.15, -0.1) is 5.10 Å². The SMILES string of the molecule is N#C/C(=N/Nc1n[nH]c(C(F)(F)F)n1)c1ccccc1. The summed E-state index contributed by atoms with van der Waals surface area (Å²) in [6.45, 7) is 0. The van der Waals surface area contributed by atoms with Gasteiger partial charge in [-0.25, -0.2) is 5.43 Å². The van der Waals surface area contributed by atoms with Crippen LogP contribution in [0, 0.1) is 11.3 Å². The Morgan fingerprint density at radius 3 is 2.55 bits per heavy atom. The van der Waals surface area contributed by atoms with Crippen LogP contribution in [-0.4, -0.2) is 20.9 Å². The van der Waals surface area contributed by atoms with E-state index >= 15 is 0 Å². The predicted molar refractivity (Wildman–Crippen MR) is 63.6 cm³/mol. The van der Waals surface area contributed by atoms with Gasteiger partial charge in [0, 0.05) is 5.56 Å². The molecule has 0 atom stereocenters. The van der Waals surface area contributed by atoms with Crippen LogP contribution in [0.25, 0.3) is 0 Å². The molecule has 0 spiro atoms. The number of hydrogen-bond donors (Lipinski definition) is 2. The maximum Gasteiger partial charge on any atom is 0.451 e. The molecule has 0 fully saturated rings. The summed E-state index contributed by atoms with van der Waals surface area (Å²) in [5.74, 6) is -1.62. The number of rotatable bonds is 3. The molecule has 0 aliphatic carbocycles. The van der Waals surface area contributed by atoms with Crippen LogP contribution in [0.1, 0.15) is 11.4 Å². The highest BCUT2D eigenvalue weighted by atomic mass is 19.4. The largest absolute Gasteiger partial charge is 0.451 e. The number of nitrogens with zero attached hydrogens (tertiary/aromatic N) is 4. The molecule has 0 bridgehead atoms. The Bertz CT molecular complexity index is 653. The normalized spacial score (nSPS) is 12.0. The number of benzene rings is 1. The van der Waals surface area contributed by atoms with E-state index in [0.29, 0.717) is 5.56 Å². The monoisotopic (exact) mass is 280 g/mol. The number of aromatic amines is 1. The molecular formula is C11H7F3N6. The van der Waals surface area contributed by atoms with Gasteiger partial charge in [-0.3, -0.25) is 5.10 Å². The average Bonchev–Trinajstić information content (AvgIpc) is 2.89. The number of nitriles is 1. The lowest BCUT2D eigenvalue weighted by Crippen LogP contribution is -2.07. The number of aromatic nitrogens is 3. The van der Waals surface area contributed by atoms with Gasteiger partial charge >= 0.3 is 6.18 Å². The van der Waals surface area contributed by atoms with Crippen molar-refractivity contribution in [1.82, 2.24) is 15.2 Å². The van der Waals surface area contributed by atoms with E-state index in [1.807, 2.05) is 6.07 Å². The molecule has 0 radical (unpaired) electrons. The number of hydrogen-bond acceptors (Lipinski definition) is 5. The molecule has 1 aromatic heterocycles. The van der Waals surface area contributed by atoms with Crippen LogP contribution in [-0.2, 0) is 6.18 Å². The molecule has 2 aromatic rings. The molecule has 2 rings (SSSR count). The first-order valence-corrected chi connectivity index (χ1v) is 5.29. The van der Waals surface area contributed by atoms with E-state index in [4.69, 9.17) is 5.26 Å². The number of halogens is 3. The Kier molecular flexibility index (Phi) is 3.65. The molecule has 2 N–H and O–H groups in total. The number of alkyl halides is 3. The standard InChI is InChI=1S/C11H7F3N6/c12-11(13,14)9-16-10(20-18-9)19-17-8(6-15)7-4-2-1-3-5-7/h1-5H,(H2,16,18,19,20)/b17-8-. The van der Waals surface area contributed by atoms with Crippen molar-refractivity contribution < 1.29 is 13.2 Å². The van der Waals surface area contributed by atoms with Crippen LogP contribution in [0.3, 0.4) is 0 Å². The third kappa shape index (κ3) is 3.11. The fourth-order valence-electron chi connectivity index (χ4n) is 1.29. The molecule has 0 aliphatic heterocycles. The van der Waals surface area contributed by atoms with Gasteiger partial charge in [-0.2, -0.15) is 28.5 Å². The van der Waals surface area contributed by atoms with Crippen molar-refractivity contribution in [2.45, 2.75) is 6.18 Å². The first-order chi connectivity index (χ1) is 9.50. The molecule has 0 saturated heterocycles. The lowest BCUT2D eigenvalue weighted by atomic mass is 10.1. The zero-order chi connectivity index (χ0) is 14.6. The number of hydrazone groups is 1. The summed E-state index contributed by atoms with van der Waals surface area (Å²) in [5.41, 5.74) is 2.72. The highest BCUT2D eigenvalue weighted by Crippen LogP contribution is 2.26. The van der Waals surface area contributed by atoms with E-state index in [-0.39, 0.29) is 11.7 Å². The van der Waals surface area contributed by atoms with Crippen LogP contribution in [0.4, 0.5) is 19.1 Å². The molecule has 1 aromatic carbocycles. The van der Waals surface area contributed by atoms with Crippen LogP contribution in [0.2, 0.25) is 0 Å². The molecule has 102 valence electrons. The molecule has 20 heavy (non-hydrogen) atoms. The maximum absolute atomic E-state index is 12.3. The summed E-state index contributed by atoms with van der Waals surface area (Å²) in [4.78, 5) is 3.16. The summed E-state index contributed by atoms with van der Waals surface area (Å²) in [6, 6.07) is 10.3. The zero-order valence-corrected chi connectivity index (χ0v) is 9.81. The van der Waals surface area contributed by atoms with Crippen molar-refractivity contribution in [3.05, 3.63) is 41.7 Å². The molecular weight excluding hydrogens is 273 g/mol. The fourth-order valence-corrected chi connectivity index (χ4v) is 1.29. The Balaban J connectivity index is 2.16. The van der Waals surface area contributed by atoms with Gasteiger partial charge < -0.3 is 0 Å². The van der Waals surface area contributed by atoms with Crippen LogP contribution in [0.5, 0.6) is 0 Å².